The molecule has 1 atom stereocenters. The number of benzene rings is 2. The second-order valence-electron chi connectivity index (χ2n) is 7.54. The SMILES string of the molecule is CC(CN(CCS(=O)(=O)N1CCNCC1)C(=O)c1cccc(Cl)c1)c1ccccc1. The maximum Gasteiger partial charge on any atom is 0.253 e. The maximum absolute atomic E-state index is 13.2. The fraction of sp³-hybridized carbons (Fsp3) is 0.409. The molecule has 2 aromatic carbocycles. The van der Waals surface area contributed by atoms with Gasteiger partial charge in [-0.25, -0.2) is 8.42 Å². The van der Waals surface area contributed by atoms with Gasteiger partial charge in [-0.1, -0.05) is 54.9 Å². The highest BCUT2D eigenvalue weighted by Crippen LogP contribution is 2.19. The Morgan fingerprint density at radius 3 is 2.50 bits per heavy atom. The molecule has 0 aliphatic carbocycles. The summed E-state index contributed by atoms with van der Waals surface area (Å²) in [4.78, 5) is 14.8. The van der Waals surface area contributed by atoms with Gasteiger partial charge in [-0.05, 0) is 29.7 Å². The number of carbonyl (C=O) groups is 1. The van der Waals surface area contributed by atoms with Crippen molar-refractivity contribution in [2.75, 3.05) is 45.0 Å². The molecule has 2 aromatic rings. The van der Waals surface area contributed by atoms with Crippen LogP contribution in [-0.4, -0.2) is 68.6 Å². The van der Waals surface area contributed by atoms with E-state index in [1.54, 1.807) is 29.2 Å². The largest absolute Gasteiger partial charge is 0.337 e. The fourth-order valence-corrected chi connectivity index (χ4v) is 5.21. The molecule has 3 rings (SSSR count). The Bertz CT molecular complexity index is 947. The topological polar surface area (TPSA) is 69.7 Å². The molecule has 1 fully saturated rings. The van der Waals surface area contributed by atoms with Crippen LogP contribution in [-0.2, 0) is 10.0 Å². The Morgan fingerprint density at radius 1 is 1.13 bits per heavy atom. The predicted molar refractivity (Wildman–Crippen MR) is 120 cm³/mol. The normalized spacial score (nSPS) is 16.2. The number of nitrogens with one attached hydrogen (secondary N) is 1. The lowest BCUT2D eigenvalue weighted by Crippen LogP contribution is -2.48. The molecule has 0 spiro atoms. The molecule has 30 heavy (non-hydrogen) atoms. The van der Waals surface area contributed by atoms with Crippen LogP contribution in [0.1, 0.15) is 28.8 Å². The highest BCUT2D eigenvalue weighted by Gasteiger charge is 2.27. The number of piperazine rings is 1. The van der Waals surface area contributed by atoms with Gasteiger partial charge in [-0.2, -0.15) is 4.31 Å². The lowest BCUT2D eigenvalue weighted by Gasteiger charge is -2.30. The molecule has 0 saturated carbocycles. The predicted octanol–water partition coefficient (Wildman–Crippen LogP) is 2.82. The number of rotatable bonds is 8. The molecule has 8 heteroatoms. The average Bonchev–Trinajstić information content (AvgIpc) is 2.77. The number of carbonyl (C=O) groups excluding carboxylic acids is 1. The van der Waals surface area contributed by atoms with Crippen molar-refractivity contribution in [1.29, 1.82) is 0 Å². The third-order valence-electron chi connectivity index (χ3n) is 5.31. The van der Waals surface area contributed by atoms with Crippen LogP contribution in [0.2, 0.25) is 5.02 Å². The van der Waals surface area contributed by atoms with E-state index in [0.717, 1.165) is 5.56 Å². The number of hydrogen-bond donors (Lipinski definition) is 1. The first kappa shape index (κ1) is 22.7. The maximum atomic E-state index is 13.2. The summed E-state index contributed by atoms with van der Waals surface area (Å²) in [5, 5.41) is 3.63. The van der Waals surface area contributed by atoms with E-state index in [0.29, 0.717) is 43.3 Å². The molecule has 1 heterocycles. The van der Waals surface area contributed by atoms with Crippen LogP contribution in [0.25, 0.3) is 0 Å². The zero-order valence-corrected chi connectivity index (χ0v) is 18.7. The summed E-state index contributed by atoms with van der Waals surface area (Å²) < 4.78 is 27.1. The minimum Gasteiger partial charge on any atom is -0.337 e. The summed E-state index contributed by atoms with van der Waals surface area (Å²) in [6.07, 6.45) is 0. The summed E-state index contributed by atoms with van der Waals surface area (Å²) in [6, 6.07) is 16.7. The van der Waals surface area contributed by atoms with Crippen LogP contribution in [0.15, 0.2) is 54.6 Å². The molecule has 1 N–H and O–H groups in total. The first-order valence-electron chi connectivity index (χ1n) is 10.1. The van der Waals surface area contributed by atoms with Crippen molar-refractivity contribution in [2.45, 2.75) is 12.8 Å². The monoisotopic (exact) mass is 449 g/mol. The van der Waals surface area contributed by atoms with Gasteiger partial charge < -0.3 is 10.2 Å². The van der Waals surface area contributed by atoms with E-state index >= 15 is 0 Å². The van der Waals surface area contributed by atoms with Crippen molar-refractivity contribution in [3.05, 3.63) is 70.7 Å². The quantitative estimate of drug-likeness (QED) is 0.672. The molecule has 1 unspecified atom stereocenters. The minimum absolute atomic E-state index is 0.0659. The number of nitrogens with zero attached hydrogens (tertiary/aromatic N) is 2. The van der Waals surface area contributed by atoms with Crippen LogP contribution < -0.4 is 5.32 Å². The Kier molecular flexibility index (Phi) is 7.88. The van der Waals surface area contributed by atoms with Gasteiger partial charge in [0.25, 0.3) is 5.91 Å². The number of hydrogen-bond acceptors (Lipinski definition) is 4. The van der Waals surface area contributed by atoms with Crippen molar-refractivity contribution in [2.24, 2.45) is 0 Å². The molecular weight excluding hydrogens is 422 g/mol. The van der Waals surface area contributed by atoms with E-state index in [1.165, 1.54) is 4.31 Å². The van der Waals surface area contributed by atoms with Gasteiger partial charge in [0, 0.05) is 49.9 Å². The zero-order valence-electron chi connectivity index (χ0n) is 17.1. The van der Waals surface area contributed by atoms with Crippen molar-refractivity contribution >= 4 is 27.5 Å². The van der Waals surface area contributed by atoms with E-state index in [1.807, 2.05) is 37.3 Å². The van der Waals surface area contributed by atoms with E-state index in [2.05, 4.69) is 5.32 Å². The molecule has 1 amide bonds. The molecule has 0 radical (unpaired) electrons. The van der Waals surface area contributed by atoms with Crippen molar-refractivity contribution in [1.82, 2.24) is 14.5 Å². The summed E-state index contributed by atoms with van der Waals surface area (Å²) in [7, 11) is -3.43. The van der Waals surface area contributed by atoms with E-state index in [4.69, 9.17) is 11.6 Å². The Balaban J connectivity index is 1.77. The number of sulfonamides is 1. The van der Waals surface area contributed by atoms with Crippen LogP contribution in [0.3, 0.4) is 0 Å². The van der Waals surface area contributed by atoms with E-state index in [-0.39, 0.29) is 24.1 Å². The van der Waals surface area contributed by atoms with E-state index in [9.17, 15) is 13.2 Å². The van der Waals surface area contributed by atoms with Crippen LogP contribution in [0.5, 0.6) is 0 Å². The highest BCUT2D eigenvalue weighted by atomic mass is 35.5. The van der Waals surface area contributed by atoms with E-state index < -0.39 is 10.0 Å². The first-order chi connectivity index (χ1) is 14.4. The lowest BCUT2D eigenvalue weighted by molar-refractivity contribution is 0.0757. The number of amides is 1. The van der Waals surface area contributed by atoms with Crippen molar-refractivity contribution in [3.8, 4) is 0 Å². The van der Waals surface area contributed by atoms with Crippen molar-refractivity contribution in [3.63, 3.8) is 0 Å². The molecule has 1 saturated heterocycles. The number of halogens is 1. The standard InChI is InChI=1S/C22H28ClN3O3S/c1-18(19-6-3-2-4-7-19)17-25(22(27)20-8-5-9-21(23)16-20)14-15-30(28,29)26-12-10-24-11-13-26/h2-9,16,18,24H,10-15,17H2,1H3. The lowest BCUT2D eigenvalue weighted by atomic mass is 10.0. The van der Waals surface area contributed by atoms with Gasteiger partial charge >= 0.3 is 0 Å². The summed E-state index contributed by atoms with van der Waals surface area (Å²) in [6.45, 7) is 4.82. The van der Waals surface area contributed by atoms with Crippen LogP contribution in [0, 0.1) is 0 Å². The molecule has 0 bridgehead atoms. The highest BCUT2D eigenvalue weighted by molar-refractivity contribution is 7.89. The smallest absolute Gasteiger partial charge is 0.253 e. The molecule has 0 aromatic heterocycles. The summed E-state index contributed by atoms with van der Waals surface area (Å²) in [5.74, 6) is -0.243. The first-order valence-corrected chi connectivity index (χ1v) is 12.1. The molecule has 6 nitrogen and oxygen atoms in total. The Hall–Kier alpha value is -1.93. The molecular formula is C22H28ClN3O3S. The zero-order chi connectivity index (χ0) is 21.6. The van der Waals surface area contributed by atoms with Crippen LogP contribution in [0.4, 0.5) is 0 Å². The summed E-state index contributed by atoms with van der Waals surface area (Å²) >= 11 is 6.07. The summed E-state index contributed by atoms with van der Waals surface area (Å²) in [5.41, 5.74) is 1.56. The Morgan fingerprint density at radius 2 is 1.83 bits per heavy atom. The van der Waals surface area contributed by atoms with Crippen molar-refractivity contribution < 1.29 is 13.2 Å². The fourth-order valence-electron chi connectivity index (χ4n) is 3.57. The van der Waals surface area contributed by atoms with Gasteiger partial charge in [-0.3, -0.25) is 4.79 Å². The van der Waals surface area contributed by atoms with Gasteiger partial charge in [0.2, 0.25) is 10.0 Å². The van der Waals surface area contributed by atoms with Crippen LogP contribution >= 0.6 is 11.6 Å². The van der Waals surface area contributed by atoms with Gasteiger partial charge in [-0.15, -0.1) is 0 Å². The van der Waals surface area contributed by atoms with Gasteiger partial charge in [0.05, 0.1) is 5.75 Å². The molecule has 162 valence electrons. The van der Waals surface area contributed by atoms with Gasteiger partial charge in [0.15, 0.2) is 0 Å². The Labute approximate surface area is 183 Å². The third kappa shape index (κ3) is 6.04. The third-order valence-corrected chi connectivity index (χ3v) is 7.40. The minimum atomic E-state index is -3.43. The second kappa shape index (κ2) is 10.4. The molecule has 1 aliphatic rings. The molecule has 1 aliphatic heterocycles. The average molecular weight is 450 g/mol. The van der Waals surface area contributed by atoms with Gasteiger partial charge in [0.1, 0.15) is 0 Å². The second-order valence-corrected chi connectivity index (χ2v) is 10.1.